The summed E-state index contributed by atoms with van der Waals surface area (Å²) in [6, 6.07) is 15.2. The first-order valence-electron chi connectivity index (χ1n) is 8.72. The van der Waals surface area contributed by atoms with Crippen molar-refractivity contribution in [3.8, 4) is 11.4 Å². The van der Waals surface area contributed by atoms with Gasteiger partial charge < -0.3 is 13.9 Å². The van der Waals surface area contributed by atoms with Gasteiger partial charge in [-0.05, 0) is 36.8 Å². The number of hydrogen-bond donors (Lipinski definition) is 0. The number of carbonyl (C=O) groups excluding carboxylic acids is 2. The number of carbonyl (C=O) groups is 2. The molecule has 0 aliphatic rings. The summed E-state index contributed by atoms with van der Waals surface area (Å²) in [7, 11) is 2.57. The number of esters is 2. The van der Waals surface area contributed by atoms with Gasteiger partial charge in [0.25, 0.3) is 0 Å². The average Bonchev–Trinajstić information content (AvgIpc) is 3.06. The number of benzene rings is 1. The molecule has 0 atom stereocenters. The molecule has 0 radical (unpaired) electrons. The number of methoxy groups -OCH3 is 2. The van der Waals surface area contributed by atoms with Crippen LogP contribution >= 0.6 is 0 Å². The van der Waals surface area contributed by atoms with Gasteiger partial charge in [-0.25, -0.2) is 14.6 Å². The molecular formula is C22H18N2O4. The van der Waals surface area contributed by atoms with Gasteiger partial charge in [0.1, 0.15) is 11.1 Å². The van der Waals surface area contributed by atoms with Crippen molar-refractivity contribution in [1.29, 1.82) is 0 Å². The number of para-hydroxylation sites is 1. The van der Waals surface area contributed by atoms with Gasteiger partial charge in [0.05, 0.1) is 36.6 Å². The monoisotopic (exact) mass is 374 g/mol. The van der Waals surface area contributed by atoms with Crippen molar-refractivity contribution in [3.05, 3.63) is 71.4 Å². The van der Waals surface area contributed by atoms with E-state index in [0.717, 1.165) is 16.5 Å². The highest BCUT2D eigenvalue weighted by molar-refractivity contribution is 6.12. The topological polar surface area (TPSA) is 69.9 Å². The fourth-order valence-electron chi connectivity index (χ4n) is 3.42. The predicted molar refractivity (Wildman–Crippen MR) is 106 cm³/mol. The third-order valence-corrected chi connectivity index (χ3v) is 4.71. The van der Waals surface area contributed by atoms with Gasteiger partial charge in [-0.15, -0.1) is 0 Å². The minimum Gasteiger partial charge on any atom is -0.465 e. The summed E-state index contributed by atoms with van der Waals surface area (Å²) in [5, 5.41) is 0.982. The Morgan fingerprint density at radius 2 is 1.64 bits per heavy atom. The fourth-order valence-corrected chi connectivity index (χ4v) is 3.42. The van der Waals surface area contributed by atoms with Crippen LogP contribution < -0.4 is 0 Å². The summed E-state index contributed by atoms with van der Waals surface area (Å²) in [6.07, 6.45) is 1.82. The number of aromatic nitrogens is 2. The van der Waals surface area contributed by atoms with Crippen LogP contribution in [0.2, 0.25) is 0 Å². The van der Waals surface area contributed by atoms with Crippen LogP contribution in [0.5, 0.6) is 0 Å². The standard InChI is InChI=1S/C22H18N2O4/c1-13-10-11-24-17(12-13)18(21(25)27-2)19(22(26)28-3)20(24)16-9-8-14-6-4-5-7-15(14)23-16/h4-12H,1-3H3. The quantitative estimate of drug-likeness (QED) is 0.506. The van der Waals surface area contributed by atoms with Crippen LogP contribution in [-0.2, 0) is 9.47 Å². The van der Waals surface area contributed by atoms with E-state index in [2.05, 4.69) is 0 Å². The summed E-state index contributed by atoms with van der Waals surface area (Å²) in [5.74, 6) is -1.22. The molecule has 0 aliphatic carbocycles. The minimum absolute atomic E-state index is 0.141. The number of aryl methyl sites for hydroxylation is 1. The van der Waals surface area contributed by atoms with Crippen LogP contribution in [0, 0.1) is 6.92 Å². The molecule has 6 nitrogen and oxygen atoms in total. The molecule has 3 aromatic heterocycles. The molecule has 1 aromatic carbocycles. The van der Waals surface area contributed by atoms with E-state index in [-0.39, 0.29) is 11.1 Å². The Labute approximate surface area is 161 Å². The second-order valence-electron chi connectivity index (χ2n) is 6.43. The molecule has 0 fully saturated rings. The molecule has 28 heavy (non-hydrogen) atoms. The van der Waals surface area contributed by atoms with Gasteiger partial charge in [0, 0.05) is 11.6 Å². The van der Waals surface area contributed by atoms with E-state index >= 15 is 0 Å². The first-order valence-corrected chi connectivity index (χ1v) is 8.72. The summed E-state index contributed by atoms with van der Waals surface area (Å²) in [6.45, 7) is 1.92. The highest BCUT2D eigenvalue weighted by atomic mass is 16.5. The molecule has 0 amide bonds. The maximum absolute atomic E-state index is 12.7. The van der Waals surface area contributed by atoms with Crippen molar-refractivity contribution < 1.29 is 19.1 Å². The Morgan fingerprint density at radius 3 is 2.39 bits per heavy atom. The zero-order valence-corrected chi connectivity index (χ0v) is 15.7. The number of nitrogens with zero attached hydrogens (tertiary/aromatic N) is 2. The van der Waals surface area contributed by atoms with E-state index in [1.807, 2.05) is 61.7 Å². The summed E-state index contributed by atoms with van der Waals surface area (Å²) in [4.78, 5) is 30.0. The molecule has 0 unspecified atom stereocenters. The van der Waals surface area contributed by atoms with Crippen molar-refractivity contribution in [2.45, 2.75) is 6.92 Å². The van der Waals surface area contributed by atoms with E-state index in [1.165, 1.54) is 14.2 Å². The lowest BCUT2D eigenvalue weighted by atomic mass is 10.1. The molecule has 3 heterocycles. The second-order valence-corrected chi connectivity index (χ2v) is 6.43. The van der Waals surface area contributed by atoms with Gasteiger partial charge >= 0.3 is 11.9 Å². The number of fused-ring (bicyclic) bond motifs is 2. The largest absolute Gasteiger partial charge is 0.465 e. The van der Waals surface area contributed by atoms with E-state index in [4.69, 9.17) is 14.5 Å². The molecule has 0 aliphatic heterocycles. The number of pyridine rings is 2. The predicted octanol–water partition coefficient (Wildman–Crippen LogP) is 4.04. The number of ether oxygens (including phenoxy) is 2. The summed E-state index contributed by atoms with van der Waals surface area (Å²) in [5.41, 5.74) is 3.67. The zero-order chi connectivity index (χ0) is 19.8. The van der Waals surface area contributed by atoms with Crippen LogP contribution in [0.25, 0.3) is 27.8 Å². The van der Waals surface area contributed by atoms with Crippen molar-refractivity contribution >= 4 is 28.4 Å². The highest BCUT2D eigenvalue weighted by Crippen LogP contribution is 2.33. The molecular weight excluding hydrogens is 356 g/mol. The van der Waals surface area contributed by atoms with Gasteiger partial charge in [-0.3, -0.25) is 0 Å². The van der Waals surface area contributed by atoms with Gasteiger partial charge in [0.2, 0.25) is 0 Å². The number of rotatable bonds is 3. The zero-order valence-electron chi connectivity index (χ0n) is 15.7. The Bertz CT molecular complexity index is 1240. The number of hydrogen-bond acceptors (Lipinski definition) is 5. The van der Waals surface area contributed by atoms with Crippen molar-refractivity contribution in [2.24, 2.45) is 0 Å². The molecule has 4 rings (SSSR count). The molecule has 0 spiro atoms. The van der Waals surface area contributed by atoms with Crippen molar-refractivity contribution in [3.63, 3.8) is 0 Å². The average molecular weight is 374 g/mol. The Kier molecular flexibility index (Phi) is 4.31. The summed E-state index contributed by atoms with van der Waals surface area (Å²) >= 11 is 0. The van der Waals surface area contributed by atoms with E-state index in [9.17, 15) is 9.59 Å². The third-order valence-electron chi connectivity index (χ3n) is 4.71. The molecule has 6 heteroatoms. The van der Waals surface area contributed by atoms with E-state index in [0.29, 0.717) is 16.9 Å². The van der Waals surface area contributed by atoms with Crippen LogP contribution in [0.1, 0.15) is 26.3 Å². The SMILES string of the molecule is COC(=O)c1c(C(=O)OC)c2cc(C)ccn2c1-c1ccc2ccccc2n1. The van der Waals surface area contributed by atoms with Gasteiger partial charge in [0.15, 0.2) is 0 Å². The van der Waals surface area contributed by atoms with Crippen molar-refractivity contribution in [1.82, 2.24) is 9.38 Å². The summed E-state index contributed by atoms with van der Waals surface area (Å²) < 4.78 is 11.7. The Balaban J connectivity index is 2.14. The maximum atomic E-state index is 12.7. The van der Waals surface area contributed by atoms with E-state index in [1.54, 1.807) is 4.40 Å². The van der Waals surface area contributed by atoms with Crippen LogP contribution in [-0.4, -0.2) is 35.5 Å². The molecule has 0 bridgehead atoms. The lowest BCUT2D eigenvalue weighted by molar-refractivity contribution is 0.0558. The third kappa shape index (κ3) is 2.70. The van der Waals surface area contributed by atoms with Gasteiger partial charge in [-0.1, -0.05) is 24.3 Å². The van der Waals surface area contributed by atoms with Crippen LogP contribution in [0.15, 0.2) is 54.7 Å². The second kappa shape index (κ2) is 6.81. The van der Waals surface area contributed by atoms with Crippen LogP contribution in [0.4, 0.5) is 0 Å². The normalized spacial score (nSPS) is 11.0. The molecule has 0 saturated carbocycles. The van der Waals surface area contributed by atoms with Gasteiger partial charge in [-0.2, -0.15) is 0 Å². The van der Waals surface area contributed by atoms with Crippen LogP contribution in [0.3, 0.4) is 0 Å². The van der Waals surface area contributed by atoms with Crippen molar-refractivity contribution in [2.75, 3.05) is 14.2 Å². The maximum Gasteiger partial charge on any atom is 0.341 e. The Morgan fingerprint density at radius 1 is 0.929 bits per heavy atom. The first kappa shape index (κ1) is 17.7. The highest BCUT2D eigenvalue weighted by Gasteiger charge is 2.30. The molecule has 0 saturated heterocycles. The molecule has 0 N–H and O–H groups in total. The lowest BCUT2D eigenvalue weighted by Crippen LogP contribution is -2.10. The molecule has 4 aromatic rings. The lowest BCUT2D eigenvalue weighted by Gasteiger charge is -2.07. The van der Waals surface area contributed by atoms with E-state index < -0.39 is 11.9 Å². The first-order chi connectivity index (χ1) is 13.5. The minimum atomic E-state index is -0.619. The molecule has 140 valence electrons. The Hall–Kier alpha value is -3.67. The fraction of sp³-hybridized carbons (Fsp3) is 0.136. The smallest absolute Gasteiger partial charge is 0.341 e.